The Hall–Kier alpha value is -3.50. The van der Waals surface area contributed by atoms with Crippen LogP contribution in [0.15, 0.2) is 72.4 Å². The molecule has 3 aromatic heterocycles. The summed E-state index contributed by atoms with van der Waals surface area (Å²) in [7, 11) is 0. The van der Waals surface area contributed by atoms with Crippen molar-refractivity contribution in [3.63, 3.8) is 0 Å². The third kappa shape index (κ3) is 3.57. The van der Waals surface area contributed by atoms with Gasteiger partial charge in [-0.3, -0.25) is 8.96 Å². The van der Waals surface area contributed by atoms with Gasteiger partial charge in [0.05, 0.1) is 28.8 Å². The number of nitrogens with zero attached hydrogens (tertiary/aromatic N) is 7. The molecule has 1 N–H and O–H groups in total. The normalized spacial score (nSPS) is 19.4. The summed E-state index contributed by atoms with van der Waals surface area (Å²) in [6, 6.07) is 13.3. The van der Waals surface area contributed by atoms with Crippen molar-refractivity contribution in [2.45, 2.75) is 24.9 Å². The molecule has 4 aromatic rings. The molecule has 4 heterocycles. The van der Waals surface area contributed by atoms with E-state index in [1.165, 1.54) is 0 Å². The molecule has 10 heteroatoms. The van der Waals surface area contributed by atoms with Gasteiger partial charge in [0.15, 0.2) is 5.82 Å². The zero-order valence-corrected chi connectivity index (χ0v) is 18.0. The van der Waals surface area contributed by atoms with Crippen LogP contribution < -0.4 is 4.74 Å². The van der Waals surface area contributed by atoms with Gasteiger partial charge in [-0.2, -0.15) is 0 Å². The summed E-state index contributed by atoms with van der Waals surface area (Å²) in [5, 5.41) is 20.7. The Balaban J connectivity index is 1.18. The van der Waals surface area contributed by atoms with Crippen molar-refractivity contribution in [2.75, 3.05) is 0 Å². The van der Waals surface area contributed by atoms with Gasteiger partial charge in [-0.15, -0.1) is 5.10 Å². The van der Waals surface area contributed by atoms with E-state index in [1.54, 1.807) is 29.6 Å². The number of benzene rings is 1. The first-order valence-corrected chi connectivity index (χ1v) is 11.8. The zero-order chi connectivity index (χ0) is 21.5. The van der Waals surface area contributed by atoms with Gasteiger partial charge >= 0.3 is 0 Å². The van der Waals surface area contributed by atoms with Crippen molar-refractivity contribution in [3.8, 4) is 11.4 Å². The van der Waals surface area contributed by atoms with Gasteiger partial charge in [-0.1, -0.05) is 22.4 Å². The number of aromatic nitrogens is 6. The monoisotopic (exact) mass is 447 g/mol. The van der Waals surface area contributed by atoms with E-state index in [-0.39, 0.29) is 0 Å². The highest BCUT2D eigenvalue weighted by Gasteiger charge is 2.40. The third-order valence-corrected chi connectivity index (χ3v) is 7.90. The smallest absolute Gasteiger partial charge is 0.162 e. The lowest BCUT2D eigenvalue weighted by Gasteiger charge is -2.24. The average molecular weight is 448 g/mol. The molecule has 1 saturated carbocycles. The molecule has 0 bridgehead atoms. The zero-order valence-electron chi connectivity index (χ0n) is 17.1. The summed E-state index contributed by atoms with van der Waals surface area (Å²) in [6.45, 7) is 0.407. The first-order chi connectivity index (χ1) is 15.8. The standard InChI is InChI=1S/C22H21N7O2S/c30-22(32-21(15-4-5-15)25-20-11-23-14-29(20)32)19-12-28(27-26-19)17-6-8-18(9-7-17)31-13-16-3-1-2-10-24-16/h1-3,6-12,14-15,22,30,32H,4-5,13H2. The summed E-state index contributed by atoms with van der Waals surface area (Å²) in [4.78, 5) is 13.2. The molecule has 0 saturated heterocycles. The second-order valence-corrected chi connectivity index (χ2v) is 9.82. The Kier molecular flexibility index (Phi) is 4.73. The number of pyridine rings is 1. The molecular formula is C22H21N7O2S. The van der Waals surface area contributed by atoms with Gasteiger partial charge < -0.3 is 9.84 Å². The molecule has 162 valence electrons. The molecule has 1 aliphatic heterocycles. The van der Waals surface area contributed by atoms with E-state index in [2.05, 4.69) is 20.3 Å². The van der Waals surface area contributed by atoms with Crippen LogP contribution in [0.4, 0.5) is 5.82 Å². The van der Waals surface area contributed by atoms with Crippen LogP contribution >= 0.6 is 11.1 Å². The number of imidazole rings is 1. The lowest BCUT2D eigenvalue weighted by molar-refractivity contribution is 0.263. The highest BCUT2D eigenvalue weighted by atomic mass is 32.2. The van der Waals surface area contributed by atoms with Gasteiger partial charge in [0, 0.05) is 12.1 Å². The maximum absolute atomic E-state index is 11.2. The van der Waals surface area contributed by atoms with Crippen molar-refractivity contribution < 1.29 is 9.84 Å². The van der Waals surface area contributed by atoms with Crippen LogP contribution in [-0.2, 0) is 6.61 Å². The van der Waals surface area contributed by atoms with Crippen LogP contribution in [0.2, 0.25) is 0 Å². The number of rotatable bonds is 7. The number of fused-ring (bicyclic) bond motifs is 1. The van der Waals surface area contributed by atoms with E-state index >= 15 is 0 Å². The Morgan fingerprint density at radius 1 is 1.16 bits per heavy atom. The van der Waals surface area contributed by atoms with Crippen molar-refractivity contribution >= 4 is 21.9 Å². The molecule has 2 unspecified atom stereocenters. The topological polar surface area (TPSA) is 103 Å². The van der Waals surface area contributed by atoms with E-state index in [0.717, 1.165) is 40.8 Å². The molecule has 6 rings (SSSR count). The number of aliphatic hydroxyl groups is 1. The van der Waals surface area contributed by atoms with Crippen LogP contribution in [0.3, 0.4) is 0 Å². The van der Waals surface area contributed by atoms with Crippen LogP contribution in [0.25, 0.3) is 5.69 Å². The molecule has 32 heavy (non-hydrogen) atoms. The molecule has 2 atom stereocenters. The maximum Gasteiger partial charge on any atom is 0.162 e. The lowest BCUT2D eigenvalue weighted by atomic mass is 10.3. The van der Waals surface area contributed by atoms with Crippen molar-refractivity contribution in [1.82, 2.24) is 28.9 Å². The number of aliphatic imine (C=N–C) groups is 1. The summed E-state index contributed by atoms with van der Waals surface area (Å²) < 4.78 is 9.44. The third-order valence-electron chi connectivity index (χ3n) is 5.46. The van der Waals surface area contributed by atoms with Crippen LogP contribution in [0, 0.1) is 5.92 Å². The number of hydrogen-bond acceptors (Lipinski definition) is 7. The van der Waals surface area contributed by atoms with Gasteiger partial charge in [0.25, 0.3) is 0 Å². The molecular weight excluding hydrogens is 426 g/mol. The van der Waals surface area contributed by atoms with E-state index < -0.39 is 16.5 Å². The van der Waals surface area contributed by atoms with Crippen molar-refractivity contribution in [2.24, 2.45) is 10.9 Å². The molecule has 9 nitrogen and oxygen atoms in total. The van der Waals surface area contributed by atoms with Crippen molar-refractivity contribution in [1.29, 1.82) is 0 Å². The minimum Gasteiger partial charge on any atom is -0.487 e. The molecule has 2 aliphatic rings. The van der Waals surface area contributed by atoms with Crippen molar-refractivity contribution in [3.05, 3.63) is 78.8 Å². The summed E-state index contributed by atoms with van der Waals surface area (Å²) in [6.07, 6.45) is 9.27. The molecule has 0 radical (unpaired) electrons. The second-order valence-electron chi connectivity index (χ2n) is 7.75. The fourth-order valence-corrected chi connectivity index (χ4v) is 6.05. The number of hydrogen-bond donors (Lipinski definition) is 2. The van der Waals surface area contributed by atoms with Gasteiger partial charge in [-0.25, -0.2) is 14.7 Å². The van der Waals surface area contributed by atoms with Crippen LogP contribution in [0.1, 0.15) is 29.7 Å². The maximum atomic E-state index is 11.2. The van der Waals surface area contributed by atoms with E-state index in [9.17, 15) is 5.11 Å². The predicted octanol–water partition coefficient (Wildman–Crippen LogP) is 3.35. The van der Waals surface area contributed by atoms with E-state index in [4.69, 9.17) is 9.73 Å². The van der Waals surface area contributed by atoms with Crippen LogP contribution in [-0.4, -0.2) is 39.1 Å². The molecule has 0 amide bonds. The molecule has 1 fully saturated rings. The lowest BCUT2D eigenvalue weighted by Crippen LogP contribution is -2.12. The van der Waals surface area contributed by atoms with Gasteiger partial charge in [0.2, 0.25) is 0 Å². The quantitative estimate of drug-likeness (QED) is 0.421. The van der Waals surface area contributed by atoms with Gasteiger partial charge in [-0.05, 0) is 49.2 Å². The summed E-state index contributed by atoms with van der Waals surface area (Å²) in [5.74, 6) is 2.02. The highest BCUT2D eigenvalue weighted by Crippen LogP contribution is 2.55. The summed E-state index contributed by atoms with van der Waals surface area (Å²) >= 11 is -1.07. The molecule has 1 aliphatic carbocycles. The fraction of sp³-hybridized carbons (Fsp3) is 0.227. The highest BCUT2D eigenvalue weighted by molar-refractivity contribution is 8.29. The average Bonchev–Trinajstić information content (AvgIpc) is 3.22. The number of thiol groups is 1. The second kappa shape index (κ2) is 7.88. The summed E-state index contributed by atoms with van der Waals surface area (Å²) in [5.41, 5.74) is 1.45. The largest absolute Gasteiger partial charge is 0.487 e. The Morgan fingerprint density at radius 2 is 2.03 bits per heavy atom. The SMILES string of the molecule is OC(c1cn(-c2ccc(OCc3ccccn3)cc2)nn1)[SH]1C(C2CC2)=Nc2cncn21. The minimum absolute atomic E-state index is 0.407. The first kappa shape index (κ1) is 19.2. The fourth-order valence-electron chi connectivity index (χ4n) is 3.65. The van der Waals surface area contributed by atoms with Crippen LogP contribution in [0.5, 0.6) is 5.75 Å². The molecule has 0 spiro atoms. The first-order valence-electron chi connectivity index (χ1n) is 10.4. The number of aliphatic hydroxyl groups excluding tert-OH is 1. The number of ether oxygens (including phenoxy) is 1. The Labute approximate surface area is 186 Å². The Morgan fingerprint density at radius 3 is 2.81 bits per heavy atom. The van der Waals surface area contributed by atoms with E-state index in [1.807, 2.05) is 46.4 Å². The predicted molar refractivity (Wildman–Crippen MR) is 121 cm³/mol. The molecule has 1 aromatic carbocycles. The minimum atomic E-state index is -1.07. The van der Waals surface area contributed by atoms with E-state index in [0.29, 0.717) is 18.2 Å². The Bertz CT molecular complexity index is 1260. The van der Waals surface area contributed by atoms with Gasteiger partial charge in [0.1, 0.15) is 29.8 Å².